The molecular formula is C15H11I. The molecular weight excluding hydrogens is 307 g/mol. The molecule has 0 fully saturated rings. The molecule has 16 heavy (non-hydrogen) atoms. The second kappa shape index (κ2) is 5.18. The minimum absolute atomic E-state index is 0.0518. The molecule has 0 saturated carbocycles. The molecule has 2 aromatic carbocycles. The summed E-state index contributed by atoms with van der Waals surface area (Å²) in [5.41, 5.74) is 2.35. The van der Waals surface area contributed by atoms with Crippen LogP contribution in [0.5, 0.6) is 0 Å². The van der Waals surface area contributed by atoms with Gasteiger partial charge in [0.2, 0.25) is 0 Å². The van der Waals surface area contributed by atoms with E-state index in [1.807, 2.05) is 24.3 Å². The van der Waals surface area contributed by atoms with Crippen LogP contribution < -0.4 is 0 Å². The van der Waals surface area contributed by atoms with Crippen molar-refractivity contribution in [2.24, 2.45) is 0 Å². The zero-order valence-electron chi connectivity index (χ0n) is 8.73. The van der Waals surface area contributed by atoms with Crippen LogP contribution in [0.15, 0.2) is 54.6 Å². The molecule has 1 unspecified atom stereocenters. The van der Waals surface area contributed by atoms with Gasteiger partial charge in [-0.2, -0.15) is 0 Å². The molecule has 0 spiro atoms. The van der Waals surface area contributed by atoms with Crippen molar-refractivity contribution in [1.29, 1.82) is 0 Å². The third kappa shape index (κ3) is 2.45. The Morgan fingerprint density at radius 3 is 2.25 bits per heavy atom. The first kappa shape index (κ1) is 11.2. The van der Waals surface area contributed by atoms with E-state index in [2.05, 4.69) is 58.8 Å². The average Bonchev–Trinajstić information content (AvgIpc) is 2.31. The first-order chi connectivity index (χ1) is 7.81. The number of rotatable bonds is 2. The summed E-state index contributed by atoms with van der Waals surface area (Å²) in [6.45, 7) is 0. The lowest BCUT2D eigenvalue weighted by Gasteiger charge is -2.11. The minimum Gasteiger partial charge on any atom is -0.119 e. The maximum absolute atomic E-state index is 5.63. The number of benzene rings is 2. The third-order valence-corrected chi connectivity index (χ3v) is 3.15. The summed E-state index contributed by atoms with van der Waals surface area (Å²) in [5.74, 6) is 2.91. The third-order valence-electron chi connectivity index (χ3n) is 2.48. The summed E-state index contributed by atoms with van der Waals surface area (Å²) in [6.07, 6.45) is 5.63. The highest BCUT2D eigenvalue weighted by molar-refractivity contribution is 14.1. The van der Waals surface area contributed by atoms with E-state index in [-0.39, 0.29) is 5.92 Å². The molecule has 0 saturated heterocycles. The van der Waals surface area contributed by atoms with Gasteiger partial charge in [-0.15, -0.1) is 6.42 Å². The van der Waals surface area contributed by atoms with E-state index in [9.17, 15) is 0 Å². The van der Waals surface area contributed by atoms with Crippen molar-refractivity contribution in [3.8, 4) is 12.3 Å². The smallest absolute Gasteiger partial charge is 0.0699 e. The standard InChI is InChI=1S/C15H11I/c1-2-15(12-7-4-3-5-8-12)13-9-6-10-14(16)11-13/h1,3-11,15H. The van der Waals surface area contributed by atoms with Crippen molar-refractivity contribution < 1.29 is 0 Å². The van der Waals surface area contributed by atoms with Gasteiger partial charge in [-0.1, -0.05) is 48.4 Å². The predicted molar refractivity (Wildman–Crippen MR) is 76.3 cm³/mol. The van der Waals surface area contributed by atoms with Gasteiger partial charge in [0.1, 0.15) is 0 Å². The summed E-state index contributed by atoms with van der Waals surface area (Å²) in [4.78, 5) is 0. The van der Waals surface area contributed by atoms with Gasteiger partial charge in [0.15, 0.2) is 0 Å². The van der Waals surface area contributed by atoms with Crippen LogP contribution in [-0.4, -0.2) is 0 Å². The second-order valence-corrected chi connectivity index (χ2v) is 4.81. The fourth-order valence-electron chi connectivity index (χ4n) is 1.72. The van der Waals surface area contributed by atoms with Crippen molar-refractivity contribution >= 4 is 22.6 Å². The van der Waals surface area contributed by atoms with Gasteiger partial charge in [0.25, 0.3) is 0 Å². The molecule has 78 valence electrons. The molecule has 0 aliphatic heterocycles. The van der Waals surface area contributed by atoms with E-state index < -0.39 is 0 Å². The van der Waals surface area contributed by atoms with Gasteiger partial charge in [0.05, 0.1) is 5.92 Å². The van der Waals surface area contributed by atoms with Crippen molar-refractivity contribution in [3.63, 3.8) is 0 Å². The topological polar surface area (TPSA) is 0 Å². The maximum Gasteiger partial charge on any atom is 0.0699 e. The highest BCUT2D eigenvalue weighted by Crippen LogP contribution is 2.24. The van der Waals surface area contributed by atoms with Crippen LogP contribution in [0.1, 0.15) is 17.0 Å². The Balaban J connectivity index is 2.42. The monoisotopic (exact) mass is 318 g/mol. The summed E-state index contributed by atoms with van der Waals surface area (Å²) in [7, 11) is 0. The van der Waals surface area contributed by atoms with Crippen molar-refractivity contribution in [1.82, 2.24) is 0 Å². The Hall–Kier alpha value is -1.27. The van der Waals surface area contributed by atoms with E-state index in [4.69, 9.17) is 6.42 Å². The SMILES string of the molecule is C#CC(c1ccccc1)c1cccc(I)c1. The molecule has 0 N–H and O–H groups in total. The fraction of sp³-hybridized carbons (Fsp3) is 0.0667. The Morgan fingerprint density at radius 1 is 0.938 bits per heavy atom. The van der Waals surface area contributed by atoms with Gasteiger partial charge < -0.3 is 0 Å². The molecule has 0 heterocycles. The molecule has 1 atom stereocenters. The Kier molecular flexibility index (Phi) is 3.63. The number of terminal acetylenes is 1. The van der Waals surface area contributed by atoms with Crippen LogP contribution in [0, 0.1) is 15.9 Å². The highest BCUT2D eigenvalue weighted by atomic mass is 127. The average molecular weight is 318 g/mol. The summed E-state index contributed by atoms with van der Waals surface area (Å²) < 4.78 is 1.21. The summed E-state index contributed by atoms with van der Waals surface area (Å²) in [5, 5.41) is 0. The Bertz CT molecular complexity index is 508. The normalized spacial score (nSPS) is 11.8. The maximum atomic E-state index is 5.63. The Labute approximate surface area is 110 Å². The van der Waals surface area contributed by atoms with Crippen LogP contribution in [0.4, 0.5) is 0 Å². The fourth-order valence-corrected chi connectivity index (χ4v) is 2.28. The lowest BCUT2D eigenvalue weighted by molar-refractivity contribution is 1.06. The zero-order valence-corrected chi connectivity index (χ0v) is 10.9. The molecule has 0 radical (unpaired) electrons. The molecule has 0 amide bonds. The van der Waals surface area contributed by atoms with E-state index >= 15 is 0 Å². The number of hydrogen-bond donors (Lipinski definition) is 0. The zero-order chi connectivity index (χ0) is 11.4. The van der Waals surface area contributed by atoms with Gasteiger partial charge >= 0.3 is 0 Å². The highest BCUT2D eigenvalue weighted by Gasteiger charge is 2.10. The molecule has 0 aromatic heterocycles. The van der Waals surface area contributed by atoms with E-state index in [1.54, 1.807) is 0 Å². The van der Waals surface area contributed by atoms with Crippen LogP contribution >= 0.6 is 22.6 Å². The van der Waals surface area contributed by atoms with Crippen LogP contribution in [0.3, 0.4) is 0 Å². The van der Waals surface area contributed by atoms with Crippen LogP contribution in [0.25, 0.3) is 0 Å². The van der Waals surface area contributed by atoms with E-state index in [1.165, 1.54) is 14.7 Å². The molecule has 0 nitrogen and oxygen atoms in total. The molecule has 0 bridgehead atoms. The Morgan fingerprint density at radius 2 is 1.62 bits per heavy atom. The molecule has 1 heteroatoms. The largest absolute Gasteiger partial charge is 0.119 e. The van der Waals surface area contributed by atoms with Crippen molar-refractivity contribution in [2.75, 3.05) is 0 Å². The minimum atomic E-state index is 0.0518. The first-order valence-corrected chi connectivity index (χ1v) is 6.15. The van der Waals surface area contributed by atoms with Crippen molar-refractivity contribution in [3.05, 3.63) is 69.3 Å². The second-order valence-electron chi connectivity index (χ2n) is 3.57. The molecule has 2 rings (SSSR count). The lowest BCUT2D eigenvalue weighted by atomic mass is 9.92. The molecule has 0 aliphatic carbocycles. The number of hydrogen-bond acceptors (Lipinski definition) is 0. The lowest BCUT2D eigenvalue weighted by Crippen LogP contribution is -1.97. The van der Waals surface area contributed by atoms with Gasteiger partial charge in [-0.3, -0.25) is 0 Å². The van der Waals surface area contributed by atoms with Crippen molar-refractivity contribution in [2.45, 2.75) is 5.92 Å². The molecule has 2 aromatic rings. The number of halogens is 1. The quantitative estimate of drug-likeness (QED) is 0.579. The van der Waals surface area contributed by atoms with E-state index in [0.717, 1.165) is 0 Å². The predicted octanol–water partition coefficient (Wildman–Crippen LogP) is 4.06. The van der Waals surface area contributed by atoms with E-state index in [0.29, 0.717) is 0 Å². The summed E-state index contributed by atoms with van der Waals surface area (Å²) >= 11 is 2.31. The summed E-state index contributed by atoms with van der Waals surface area (Å²) in [6, 6.07) is 18.5. The molecule has 0 aliphatic rings. The van der Waals surface area contributed by atoms with Gasteiger partial charge in [-0.05, 0) is 45.9 Å². The van der Waals surface area contributed by atoms with Gasteiger partial charge in [-0.25, -0.2) is 0 Å². The first-order valence-electron chi connectivity index (χ1n) is 5.08. The van der Waals surface area contributed by atoms with Crippen LogP contribution in [0.2, 0.25) is 0 Å². The van der Waals surface area contributed by atoms with Crippen LogP contribution in [-0.2, 0) is 0 Å². The van der Waals surface area contributed by atoms with Gasteiger partial charge in [0, 0.05) is 3.57 Å².